The molecule has 1 aromatic rings. The summed E-state index contributed by atoms with van der Waals surface area (Å²) in [6, 6.07) is 7.17. The van der Waals surface area contributed by atoms with Crippen molar-refractivity contribution in [1.29, 1.82) is 0 Å². The van der Waals surface area contributed by atoms with Gasteiger partial charge < -0.3 is 5.73 Å². The third kappa shape index (κ3) is 5.32. The van der Waals surface area contributed by atoms with Crippen LogP contribution in [0.3, 0.4) is 0 Å². The van der Waals surface area contributed by atoms with E-state index in [1.807, 2.05) is 0 Å². The molecule has 0 unspecified atom stereocenters. The summed E-state index contributed by atoms with van der Waals surface area (Å²) < 4.78 is 27.3. The predicted octanol–water partition coefficient (Wildman–Crippen LogP) is 3.05. The van der Waals surface area contributed by atoms with Crippen LogP contribution in [0.1, 0.15) is 51.0 Å². The first-order valence-corrected chi connectivity index (χ1v) is 9.48. The van der Waals surface area contributed by atoms with Gasteiger partial charge in [-0.2, -0.15) is 0 Å². The van der Waals surface area contributed by atoms with E-state index in [1.54, 1.807) is 24.3 Å². The molecule has 3 N–H and O–H groups in total. The SMILES string of the molecule is CCCC1CCC(NS(=O)(=O)Cc2cccc(N)c2)CC1. The van der Waals surface area contributed by atoms with Gasteiger partial charge in [0, 0.05) is 11.7 Å². The molecule has 0 radical (unpaired) electrons. The highest BCUT2D eigenvalue weighted by Gasteiger charge is 2.24. The Hall–Kier alpha value is -1.07. The molecule has 0 saturated heterocycles. The summed E-state index contributed by atoms with van der Waals surface area (Å²) in [5.41, 5.74) is 7.03. The van der Waals surface area contributed by atoms with E-state index >= 15 is 0 Å². The monoisotopic (exact) mass is 310 g/mol. The summed E-state index contributed by atoms with van der Waals surface area (Å²) in [6.07, 6.45) is 6.68. The lowest BCUT2D eigenvalue weighted by molar-refractivity contribution is 0.297. The second-order valence-corrected chi connectivity index (χ2v) is 7.88. The van der Waals surface area contributed by atoms with Gasteiger partial charge in [0.15, 0.2) is 0 Å². The van der Waals surface area contributed by atoms with Crippen LogP contribution in [0.4, 0.5) is 5.69 Å². The number of hydrogen-bond acceptors (Lipinski definition) is 3. The van der Waals surface area contributed by atoms with Crippen LogP contribution in [0, 0.1) is 5.92 Å². The Labute approximate surface area is 128 Å². The molecule has 0 heterocycles. The number of anilines is 1. The van der Waals surface area contributed by atoms with Gasteiger partial charge in [-0.25, -0.2) is 13.1 Å². The highest BCUT2D eigenvalue weighted by atomic mass is 32.2. The van der Waals surface area contributed by atoms with E-state index in [2.05, 4.69) is 11.6 Å². The molecule has 118 valence electrons. The van der Waals surface area contributed by atoms with Crippen LogP contribution in [-0.4, -0.2) is 14.5 Å². The summed E-state index contributed by atoms with van der Waals surface area (Å²) in [4.78, 5) is 0. The molecule has 2 rings (SSSR count). The van der Waals surface area contributed by atoms with Crippen molar-refractivity contribution in [3.05, 3.63) is 29.8 Å². The van der Waals surface area contributed by atoms with Crippen LogP contribution in [-0.2, 0) is 15.8 Å². The maximum atomic E-state index is 12.2. The van der Waals surface area contributed by atoms with Crippen LogP contribution >= 0.6 is 0 Å². The zero-order chi connectivity index (χ0) is 15.3. The van der Waals surface area contributed by atoms with E-state index in [0.717, 1.165) is 37.2 Å². The normalized spacial score (nSPS) is 23.1. The lowest BCUT2D eigenvalue weighted by Crippen LogP contribution is -2.38. The van der Waals surface area contributed by atoms with Gasteiger partial charge in [0.05, 0.1) is 5.75 Å². The van der Waals surface area contributed by atoms with Crippen LogP contribution < -0.4 is 10.5 Å². The molecule has 0 bridgehead atoms. The Bertz CT molecular complexity index is 549. The Morgan fingerprint density at radius 1 is 1.24 bits per heavy atom. The highest BCUT2D eigenvalue weighted by Crippen LogP contribution is 2.28. The maximum Gasteiger partial charge on any atom is 0.216 e. The first-order valence-electron chi connectivity index (χ1n) is 7.83. The van der Waals surface area contributed by atoms with Gasteiger partial charge in [-0.15, -0.1) is 0 Å². The average Bonchev–Trinajstić information content (AvgIpc) is 2.40. The Kier molecular flexibility index (Phi) is 5.65. The number of hydrogen-bond donors (Lipinski definition) is 2. The second-order valence-electron chi connectivity index (χ2n) is 6.13. The zero-order valence-electron chi connectivity index (χ0n) is 12.7. The minimum absolute atomic E-state index is 0.00687. The molecule has 1 fully saturated rings. The van der Waals surface area contributed by atoms with Crippen molar-refractivity contribution in [2.24, 2.45) is 5.92 Å². The molecule has 1 saturated carbocycles. The summed E-state index contributed by atoms with van der Waals surface area (Å²) in [6.45, 7) is 2.21. The van der Waals surface area contributed by atoms with Gasteiger partial charge in [-0.05, 0) is 49.3 Å². The Morgan fingerprint density at radius 2 is 1.95 bits per heavy atom. The predicted molar refractivity (Wildman–Crippen MR) is 87.3 cm³/mol. The van der Waals surface area contributed by atoms with Crippen molar-refractivity contribution >= 4 is 15.7 Å². The minimum atomic E-state index is -3.29. The van der Waals surface area contributed by atoms with Crippen molar-refractivity contribution in [2.75, 3.05) is 5.73 Å². The molecule has 0 aromatic heterocycles. The first kappa shape index (κ1) is 16.3. The van der Waals surface area contributed by atoms with Crippen LogP contribution in [0.5, 0.6) is 0 Å². The van der Waals surface area contributed by atoms with Gasteiger partial charge in [-0.1, -0.05) is 31.9 Å². The molecule has 4 nitrogen and oxygen atoms in total. The zero-order valence-corrected chi connectivity index (χ0v) is 13.5. The molecule has 1 aromatic carbocycles. The molecule has 1 aliphatic carbocycles. The van der Waals surface area contributed by atoms with Gasteiger partial charge in [0.25, 0.3) is 0 Å². The summed E-state index contributed by atoms with van der Waals surface area (Å²) in [5, 5.41) is 0. The van der Waals surface area contributed by atoms with Gasteiger partial charge in [0.1, 0.15) is 0 Å². The Morgan fingerprint density at radius 3 is 2.57 bits per heavy atom. The van der Waals surface area contributed by atoms with E-state index in [-0.39, 0.29) is 11.8 Å². The fourth-order valence-electron chi connectivity index (χ4n) is 3.18. The fourth-order valence-corrected chi connectivity index (χ4v) is 4.62. The fraction of sp³-hybridized carbons (Fsp3) is 0.625. The second kappa shape index (κ2) is 7.27. The number of nitrogens with one attached hydrogen (secondary N) is 1. The van der Waals surface area contributed by atoms with E-state index in [0.29, 0.717) is 5.69 Å². The van der Waals surface area contributed by atoms with Crippen LogP contribution in [0.15, 0.2) is 24.3 Å². The maximum absolute atomic E-state index is 12.2. The van der Waals surface area contributed by atoms with Crippen molar-refractivity contribution in [3.63, 3.8) is 0 Å². The van der Waals surface area contributed by atoms with Crippen LogP contribution in [0.25, 0.3) is 0 Å². The minimum Gasteiger partial charge on any atom is -0.399 e. The topological polar surface area (TPSA) is 72.2 Å². The third-order valence-corrected chi connectivity index (χ3v) is 5.60. The molecule has 1 aliphatic rings. The summed E-state index contributed by atoms with van der Waals surface area (Å²) >= 11 is 0. The third-order valence-electron chi connectivity index (χ3n) is 4.20. The number of nitrogen functional groups attached to an aromatic ring is 1. The molecule has 0 aliphatic heterocycles. The number of rotatable bonds is 6. The van der Waals surface area contributed by atoms with Crippen molar-refractivity contribution in [1.82, 2.24) is 4.72 Å². The van der Waals surface area contributed by atoms with Gasteiger partial charge in [-0.3, -0.25) is 0 Å². The lowest BCUT2D eigenvalue weighted by Gasteiger charge is -2.28. The number of nitrogens with two attached hydrogens (primary N) is 1. The van der Waals surface area contributed by atoms with E-state index in [1.165, 1.54) is 12.8 Å². The number of sulfonamides is 1. The van der Waals surface area contributed by atoms with E-state index < -0.39 is 10.0 Å². The average molecular weight is 310 g/mol. The smallest absolute Gasteiger partial charge is 0.216 e. The molecular formula is C16H26N2O2S. The first-order chi connectivity index (χ1) is 9.98. The van der Waals surface area contributed by atoms with Crippen molar-refractivity contribution in [2.45, 2.75) is 57.2 Å². The quantitative estimate of drug-likeness (QED) is 0.793. The number of benzene rings is 1. The molecule has 0 amide bonds. The molecular weight excluding hydrogens is 284 g/mol. The molecule has 0 spiro atoms. The standard InChI is InChI=1S/C16H26N2O2S/c1-2-4-13-7-9-16(10-8-13)18-21(19,20)12-14-5-3-6-15(17)11-14/h3,5-6,11,13,16,18H,2,4,7-10,12,17H2,1H3. The summed E-state index contributed by atoms with van der Waals surface area (Å²) in [7, 11) is -3.29. The van der Waals surface area contributed by atoms with E-state index in [4.69, 9.17) is 5.73 Å². The molecule has 5 heteroatoms. The molecule has 21 heavy (non-hydrogen) atoms. The van der Waals surface area contributed by atoms with Gasteiger partial charge in [0.2, 0.25) is 10.0 Å². The highest BCUT2D eigenvalue weighted by molar-refractivity contribution is 7.88. The van der Waals surface area contributed by atoms with Crippen LogP contribution in [0.2, 0.25) is 0 Å². The van der Waals surface area contributed by atoms with E-state index in [9.17, 15) is 8.42 Å². The van der Waals surface area contributed by atoms with Gasteiger partial charge >= 0.3 is 0 Å². The lowest BCUT2D eigenvalue weighted by atomic mass is 9.84. The largest absolute Gasteiger partial charge is 0.399 e. The molecule has 0 atom stereocenters. The Balaban J connectivity index is 1.87. The summed E-state index contributed by atoms with van der Waals surface area (Å²) in [5.74, 6) is 0.789. The van der Waals surface area contributed by atoms with Crippen molar-refractivity contribution in [3.8, 4) is 0 Å². The van der Waals surface area contributed by atoms with Crippen molar-refractivity contribution < 1.29 is 8.42 Å².